The molecule has 0 aliphatic rings. The summed E-state index contributed by atoms with van der Waals surface area (Å²) in [6, 6.07) is 10.2. The van der Waals surface area contributed by atoms with E-state index in [1.54, 1.807) is 12.1 Å². The van der Waals surface area contributed by atoms with Gasteiger partial charge in [0.05, 0.1) is 17.5 Å². The number of hydrogen-bond acceptors (Lipinski definition) is 4. The highest BCUT2D eigenvalue weighted by Gasteiger charge is 2.33. The second-order valence-electron chi connectivity index (χ2n) is 5.78. The molecule has 0 fully saturated rings. The second kappa shape index (κ2) is 9.41. The number of aromatic hydroxyl groups is 1. The van der Waals surface area contributed by atoms with E-state index in [4.69, 9.17) is 12.2 Å². The molecule has 0 amide bonds. The van der Waals surface area contributed by atoms with Crippen molar-refractivity contribution in [3.8, 4) is 5.75 Å². The van der Waals surface area contributed by atoms with Crippen LogP contribution < -0.4 is 15.6 Å². The summed E-state index contributed by atoms with van der Waals surface area (Å²) in [6.45, 7) is 5.66. The molecule has 0 heterocycles. The van der Waals surface area contributed by atoms with E-state index in [-0.39, 0.29) is 16.5 Å². The zero-order chi connectivity index (χ0) is 20.7. The maximum absolute atomic E-state index is 13.0. The van der Waals surface area contributed by atoms with E-state index in [9.17, 15) is 18.3 Å². The Bertz CT molecular complexity index is 851. The van der Waals surface area contributed by atoms with E-state index in [0.717, 1.165) is 24.8 Å². The third-order valence-electron chi connectivity index (χ3n) is 3.99. The first kappa shape index (κ1) is 21.5. The standard InChI is InChI=1S/C19H21F3N4OS/c1-3-26(4-2)14-10-9-13(17(27)11-14)12-23-25-18(28)24-16-8-6-5-7-15(16)19(20,21)22/h5-12,27H,3-4H2,1-2H3,(H2,24,25,28)/b23-12+. The largest absolute Gasteiger partial charge is 0.507 e. The van der Waals surface area contributed by atoms with E-state index < -0.39 is 11.7 Å². The van der Waals surface area contributed by atoms with Crippen LogP contribution in [0.5, 0.6) is 5.75 Å². The molecule has 0 aromatic heterocycles. The molecule has 0 unspecified atom stereocenters. The van der Waals surface area contributed by atoms with E-state index in [0.29, 0.717) is 5.56 Å². The number of alkyl halides is 3. The summed E-state index contributed by atoms with van der Waals surface area (Å²) in [5, 5.41) is 16.4. The predicted molar refractivity (Wildman–Crippen MR) is 110 cm³/mol. The normalized spacial score (nSPS) is 11.5. The van der Waals surface area contributed by atoms with Gasteiger partial charge in [0.25, 0.3) is 0 Å². The lowest BCUT2D eigenvalue weighted by molar-refractivity contribution is -0.136. The fourth-order valence-corrected chi connectivity index (χ4v) is 2.74. The molecule has 0 saturated heterocycles. The van der Waals surface area contributed by atoms with Crippen molar-refractivity contribution in [2.45, 2.75) is 20.0 Å². The molecule has 0 bridgehead atoms. The highest BCUT2D eigenvalue weighted by molar-refractivity contribution is 7.80. The van der Waals surface area contributed by atoms with Crippen molar-refractivity contribution in [2.24, 2.45) is 5.10 Å². The van der Waals surface area contributed by atoms with E-state index in [1.165, 1.54) is 24.4 Å². The minimum Gasteiger partial charge on any atom is -0.507 e. The summed E-state index contributed by atoms with van der Waals surface area (Å²) in [7, 11) is 0. The van der Waals surface area contributed by atoms with Gasteiger partial charge < -0.3 is 15.3 Å². The lowest BCUT2D eigenvalue weighted by atomic mass is 10.2. The van der Waals surface area contributed by atoms with Crippen molar-refractivity contribution in [1.82, 2.24) is 5.43 Å². The Morgan fingerprint density at radius 3 is 2.46 bits per heavy atom. The number of phenols is 1. The first-order valence-electron chi connectivity index (χ1n) is 8.60. The molecule has 2 aromatic rings. The van der Waals surface area contributed by atoms with Gasteiger partial charge in [-0.1, -0.05) is 12.1 Å². The number of halogens is 3. The Hall–Kier alpha value is -2.81. The average molecular weight is 410 g/mol. The summed E-state index contributed by atoms with van der Waals surface area (Å²) >= 11 is 4.98. The molecular weight excluding hydrogens is 389 g/mol. The molecule has 0 atom stereocenters. The van der Waals surface area contributed by atoms with Crippen LogP contribution in [0, 0.1) is 0 Å². The molecule has 3 N–H and O–H groups in total. The lowest BCUT2D eigenvalue weighted by Crippen LogP contribution is -2.25. The smallest absolute Gasteiger partial charge is 0.418 e. The summed E-state index contributed by atoms with van der Waals surface area (Å²) in [5.74, 6) is 0.0382. The molecule has 0 radical (unpaired) electrons. The number of para-hydroxylation sites is 1. The number of rotatable bonds is 6. The monoisotopic (exact) mass is 410 g/mol. The van der Waals surface area contributed by atoms with Gasteiger partial charge in [-0.2, -0.15) is 18.3 Å². The number of hydrazone groups is 1. The van der Waals surface area contributed by atoms with Crippen LogP contribution in [0.4, 0.5) is 24.5 Å². The SMILES string of the molecule is CCN(CC)c1ccc(/C=N/NC(=S)Nc2ccccc2C(F)(F)F)c(O)c1. The van der Waals surface area contributed by atoms with Crippen LogP contribution in [0.3, 0.4) is 0 Å². The second-order valence-corrected chi connectivity index (χ2v) is 6.19. The first-order chi connectivity index (χ1) is 13.3. The third kappa shape index (κ3) is 5.59. The van der Waals surface area contributed by atoms with Gasteiger partial charge in [0.2, 0.25) is 0 Å². The number of thiocarbonyl (C=S) groups is 1. The number of benzene rings is 2. The van der Waals surface area contributed by atoms with Crippen molar-refractivity contribution in [3.05, 3.63) is 53.6 Å². The maximum Gasteiger partial charge on any atom is 0.418 e. The molecule has 0 aliphatic heterocycles. The molecule has 0 saturated carbocycles. The van der Waals surface area contributed by atoms with Crippen molar-refractivity contribution in [2.75, 3.05) is 23.3 Å². The van der Waals surface area contributed by atoms with Gasteiger partial charge in [-0.15, -0.1) is 0 Å². The minimum atomic E-state index is -4.50. The number of anilines is 2. The van der Waals surface area contributed by atoms with Gasteiger partial charge in [-0.05, 0) is 50.3 Å². The highest BCUT2D eigenvalue weighted by atomic mass is 32.1. The van der Waals surface area contributed by atoms with Crippen molar-refractivity contribution >= 4 is 34.9 Å². The topological polar surface area (TPSA) is 59.9 Å². The summed E-state index contributed by atoms with van der Waals surface area (Å²) in [6.07, 6.45) is -3.16. The van der Waals surface area contributed by atoms with Crippen LogP contribution in [-0.2, 0) is 6.18 Å². The van der Waals surface area contributed by atoms with Gasteiger partial charge in [-0.25, -0.2) is 0 Å². The van der Waals surface area contributed by atoms with Gasteiger partial charge in [0.1, 0.15) is 5.75 Å². The quantitative estimate of drug-likeness (QED) is 0.370. The van der Waals surface area contributed by atoms with E-state index in [2.05, 4.69) is 20.7 Å². The molecule has 5 nitrogen and oxygen atoms in total. The van der Waals surface area contributed by atoms with Crippen molar-refractivity contribution < 1.29 is 18.3 Å². The number of nitrogens with zero attached hydrogens (tertiary/aromatic N) is 2. The Morgan fingerprint density at radius 1 is 1.18 bits per heavy atom. The van der Waals surface area contributed by atoms with Gasteiger partial charge in [-0.3, -0.25) is 5.43 Å². The maximum atomic E-state index is 13.0. The molecule has 9 heteroatoms. The summed E-state index contributed by atoms with van der Waals surface area (Å²) in [5.41, 5.74) is 2.78. The highest BCUT2D eigenvalue weighted by Crippen LogP contribution is 2.34. The Morgan fingerprint density at radius 2 is 1.86 bits per heavy atom. The van der Waals surface area contributed by atoms with Crippen LogP contribution in [0.25, 0.3) is 0 Å². The zero-order valence-corrected chi connectivity index (χ0v) is 16.2. The Balaban J connectivity index is 2.03. The predicted octanol–water partition coefficient (Wildman–Crippen LogP) is 4.58. The fourth-order valence-electron chi connectivity index (χ4n) is 2.58. The third-order valence-corrected chi connectivity index (χ3v) is 4.19. The zero-order valence-electron chi connectivity index (χ0n) is 15.4. The molecule has 150 valence electrons. The van der Waals surface area contributed by atoms with Crippen LogP contribution in [0.1, 0.15) is 25.0 Å². The first-order valence-corrected chi connectivity index (χ1v) is 9.01. The van der Waals surface area contributed by atoms with Gasteiger partial charge >= 0.3 is 6.18 Å². The number of nitrogens with one attached hydrogen (secondary N) is 2. The minimum absolute atomic E-state index is 0.0382. The molecule has 28 heavy (non-hydrogen) atoms. The summed E-state index contributed by atoms with van der Waals surface area (Å²) < 4.78 is 39.0. The van der Waals surface area contributed by atoms with Crippen LogP contribution >= 0.6 is 12.2 Å². The molecule has 0 spiro atoms. The molecule has 2 aromatic carbocycles. The van der Waals surface area contributed by atoms with E-state index >= 15 is 0 Å². The molecule has 0 aliphatic carbocycles. The Kier molecular flexibility index (Phi) is 7.22. The van der Waals surface area contributed by atoms with Crippen molar-refractivity contribution in [1.29, 1.82) is 0 Å². The fraction of sp³-hybridized carbons (Fsp3) is 0.263. The molecule has 2 rings (SSSR count). The lowest BCUT2D eigenvalue weighted by Gasteiger charge is -2.21. The Labute approximate surface area is 166 Å². The number of phenolic OH excluding ortho intramolecular Hbond substituents is 1. The summed E-state index contributed by atoms with van der Waals surface area (Å²) in [4.78, 5) is 2.08. The average Bonchev–Trinajstić information content (AvgIpc) is 2.64. The van der Waals surface area contributed by atoms with Crippen LogP contribution in [-0.4, -0.2) is 29.5 Å². The van der Waals surface area contributed by atoms with E-state index in [1.807, 2.05) is 19.9 Å². The number of hydrogen-bond donors (Lipinski definition) is 3. The molecular formula is C19H21F3N4OS. The van der Waals surface area contributed by atoms with Crippen LogP contribution in [0.2, 0.25) is 0 Å². The van der Waals surface area contributed by atoms with Crippen LogP contribution in [0.15, 0.2) is 47.6 Å². The van der Waals surface area contributed by atoms with Crippen molar-refractivity contribution in [3.63, 3.8) is 0 Å². The van der Waals surface area contributed by atoms with Gasteiger partial charge in [0, 0.05) is 30.4 Å². The van der Waals surface area contributed by atoms with Gasteiger partial charge in [0.15, 0.2) is 5.11 Å².